The van der Waals surface area contributed by atoms with Gasteiger partial charge < -0.3 is 5.32 Å². The van der Waals surface area contributed by atoms with Crippen molar-refractivity contribution in [1.82, 2.24) is 5.32 Å². The van der Waals surface area contributed by atoms with Crippen molar-refractivity contribution < 1.29 is 4.79 Å². The second-order valence-electron chi connectivity index (χ2n) is 4.13. The minimum absolute atomic E-state index is 0.0147. The van der Waals surface area contributed by atoms with Gasteiger partial charge in [0.1, 0.15) is 0 Å². The van der Waals surface area contributed by atoms with Crippen molar-refractivity contribution in [3.8, 4) is 0 Å². The Labute approximate surface area is 122 Å². The smallest absolute Gasteiger partial charge is 0.251 e. The largest absolute Gasteiger partial charge is 0.347 e. The van der Waals surface area contributed by atoms with Crippen molar-refractivity contribution in [3.05, 3.63) is 51.7 Å². The zero-order valence-electron chi connectivity index (χ0n) is 11.1. The Morgan fingerprint density at radius 3 is 2.42 bits per heavy atom. The molecule has 2 aromatic rings. The van der Waals surface area contributed by atoms with Gasteiger partial charge >= 0.3 is 0 Å². The van der Waals surface area contributed by atoms with Crippen LogP contribution in [-0.4, -0.2) is 12.2 Å². The summed E-state index contributed by atoms with van der Waals surface area (Å²) in [4.78, 5) is 15.7. The number of thiophene rings is 1. The Kier molecular flexibility index (Phi) is 5.05. The van der Waals surface area contributed by atoms with Gasteiger partial charge in [0.05, 0.1) is 6.54 Å². The lowest BCUT2D eigenvalue weighted by Crippen LogP contribution is -2.22. The van der Waals surface area contributed by atoms with Crippen LogP contribution in [0.15, 0.2) is 41.3 Å². The first-order chi connectivity index (χ1) is 9.22. The van der Waals surface area contributed by atoms with E-state index in [1.165, 1.54) is 14.6 Å². The Bertz CT molecular complexity index is 546. The Balaban J connectivity index is 1.93. The molecule has 19 heavy (non-hydrogen) atoms. The normalized spacial score (nSPS) is 10.4. The summed E-state index contributed by atoms with van der Waals surface area (Å²) in [6.07, 6.45) is 3.08. The van der Waals surface area contributed by atoms with Crippen molar-refractivity contribution in [2.75, 3.05) is 6.26 Å². The highest BCUT2D eigenvalue weighted by molar-refractivity contribution is 7.98. The zero-order valence-corrected chi connectivity index (χ0v) is 12.7. The molecule has 1 aromatic carbocycles. The van der Waals surface area contributed by atoms with Gasteiger partial charge in [0, 0.05) is 20.2 Å². The molecule has 0 aliphatic carbocycles. The van der Waals surface area contributed by atoms with E-state index < -0.39 is 0 Å². The fourth-order valence-corrected chi connectivity index (χ4v) is 3.03. The fourth-order valence-electron chi connectivity index (χ4n) is 1.72. The molecule has 0 bridgehead atoms. The van der Waals surface area contributed by atoms with Crippen LogP contribution in [-0.2, 0) is 13.0 Å². The molecule has 0 spiro atoms. The van der Waals surface area contributed by atoms with E-state index in [1.54, 1.807) is 23.1 Å². The van der Waals surface area contributed by atoms with Gasteiger partial charge in [-0.05, 0) is 49.1 Å². The summed E-state index contributed by atoms with van der Waals surface area (Å²) in [6.45, 7) is 2.75. The van der Waals surface area contributed by atoms with Gasteiger partial charge in [-0.3, -0.25) is 4.79 Å². The maximum absolute atomic E-state index is 12.0. The first kappa shape index (κ1) is 14.2. The Morgan fingerprint density at radius 1 is 1.16 bits per heavy atom. The van der Waals surface area contributed by atoms with E-state index in [9.17, 15) is 4.79 Å². The maximum atomic E-state index is 12.0. The van der Waals surface area contributed by atoms with Crippen LogP contribution >= 0.6 is 23.1 Å². The quantitative estimate of drug-likeness (QED) is 0.845. The van der Waals surface area contributed by atoms with Crippen LogP contribution < -0.4 is 5.32 Å². The number of rotatable bonds is 5. The Hall–Kier alpha value is -1.26. The summed E-state index contributed by atoms with van der Waals surface area (Å²) in [5, 5.41) is 2.95. The van der Waals surface area contributed by atoms with Gasteiger partial charge in [-0.15, -0.1) is 23.1 Å². The number of hydrogen-bond acceptors (Lipinski definition) is 3. The molecule has 0 saturated heterocycles. The first-order valence-corrected chi connectivity index (χ1v) is 8.27. The van der Waals surface area contributed by atoms with Crippen molar-refractivity contribution in [2.45, 2.75) is 24.8 Å². The van der Waals surface area contributed by atoms with Gasteiger partial charge in [-0.25, -0.2) is 0 Å². The van der Waals surface area contributed by atoms with E-state index in [0.29, 0.717) is 12.1 Å². The molecule has 1 heterocycles. The van der Waals surface area contributed by atoms with Crippen LogP contribution in [0.4, 0.5) is 0 Å². The minimum Gasteiger partial charge on any atom is -0.347 e. The van der Waals surface area contributed by atoms with Crippen molar-refractivity contribution in [2.24, 2.45) is 0 Å². The predicted octanol–water partition coefficient (Wildman–Crippen LogP) is 3.96. The molecule has 0 fully saturated rings. The van der Waals surface area contributed by atoms with E-state index >= 15 is 0 Å². The molecule has 0 radical (unpaired) electrons. The van der Waals surface area contributed by atoms with Crippen LogP contribution in [0.2, 0.25) is 0 Å². The van der Waals surface area contributed by atoms with Crippen LogP contribution in [0.3, 0.4) is 0 Å². The second-order valence-corrected chi connectivity index (χ2v) is 6.27. The molecular formula is C15H17NOS2. The van der Waals surface area contributed by atoms with Gasteiger partial charge in [0.25, 0.3) is 5.91 Å². The van der Waals surface area contributed by atoms with Crippen LogP contribution in [0, 0.1) is 0 Å². The van der Waals surface area contributed by atoms with Gasteiger partial charge in [0.2, 0.25) is 0 Å². The predicted molar refractivity (Wildman–Crippen MR) is 83.1 cm³/mol. The van der Waals surface area contributed by atoms with Crippen LogP contribution in [0.5, 0.6) is 0 Å². The number of amides is 1. The van der Waals surface area contributed by atoms with Crippen LogP contribution in [0.1, 0.15) is 27.0 Å². The highest BCUT2D eigenvalue weighted by Gasteiger charge is 2.06. The minimum atomic E-state index is -0.0147. The highest BCUT2D eigenvalue weighted by Crippen LogP contribution is 2.17. The molecule has 0 saturated carbocycles. The molecule has 0 aliphatic heterocycles. The molecule has 100 valence electrons. The molecular weight excluding hydrogens is 274 g/mol. The number of carbonyl (C=O) groups excluding carboxylic acids is 1. The molecule has 4 heteroatoms. The topological polar surface area (TPSA) is 29.1 Å². The van der Waals surface area contributed by atoms with E-state index in [4.69, 9.17) is 0 Å². The van der Waals surface area contributed by atoms with E-state index in [2.05, 4.69) is 24.4 Å². The molecule has 1 amide bonds. The molecule has 1 N–H and O–H groups in total. The molecule has 2 rings (SSSR count). The third-order valence-electron chi connectivity index (χ3n) is 2.84. The third-order valence-corrected chi connectivity index (χ3v) is 4.81. The Morgan fingerprint density at radius 2 is 1.84 bits per heavy atom. The summed E-state index contributed by atoms with van der Waals surface area (Å²) in [6, 6.07) is 11.9. The summed E-state index contributed by atoms with van der Waals surface area (Å²) in [5.74, 6) is -0.0147. The SMILES string of the molecule is CCc1ccc(CNC(=O)c2ccc(SC)cc2)s1. The standard InChI is InChI=1S/C15H17NOS2/c1-3-12-8-9-14(19-12)10-16-15(17)11-4-6-13(18-2)7-5-11/h4-9H,3,10H2,1-2H3,(H,16,17). The van der Waals surface area contributed by atoms with Crippen molar-refractivity contribution in [1.29, 1.82) is 0 Å². The molecule has 2 nitrogen and oxygen atoms in total. The third kappa shape index (κ3) is 3.85. The highest BCUT2D eigenvalue weighted by atomic mass is 32.2. The monoisotopic (exact) mass is 291 g/mol. The van der Waals surface area contributed by atoms with Gasteiger partial charge in [-0.1, -0.05) is 6.92 Å². The van der Waals surface area contributed by atoms with E-state index in [1.807, 2.05) is 30.5 Å². The summed E-state index contributed by atoms with van der Waals surface area (Å²) >= 11 is 3.43. The molecule has 0 unspecified atom stereocenters. The van der Waals surface area contributed by atoms with E-state index in [0.717, 1.165) is 6.42 Å². The van der Waals surface area contributed by atoms with Crippen molar-refractivity contribution in [3.63, 3.8) is 0 Å². The average molecular weight is 291 g/mol. The average Bonchev–Trinajstić information content (AvgIpc) is 2.93. The number of nitrogens with one attached hydrogen (secondary N) is 1. The summed E-state index contributed by atoms with van der Waals surface area (Å²) in [5.41, 5.74) is 0.713. The van der Waals surface area contributed by atoms with E-state index in [-0.39, 0.29) is 5.91 Å². The second kappa shape index (κ2) is 6.78. The number of benzene rings is 1. The first-order valence-electron chi connectivity index (χ1n) is 6.22. The lowest BCUT2D eigenvalue weighted by molar-refractivity contribution is 0.0951. The molecule has 0 aliphatic rings. The summed E-state index contributed by atoms with van der Waals surface area (Å²) < 4.78 is 0. The molecule has 1 aromatic heterocycles. The number of hydrogen-bond donors (Lipinski definition) is 1. The molecule has 0 atom stereocenters. The number of aryl methyl sites for hydroxylation is 1. The number of carbonyl (C=O) groups is 1. The van der Waals surface area contributed by atoms with Crippen molar-refractivity contribution >= 4 is 29.0 Å². The van der Waals surface area contributed by atoms with Gasteiger partial charge in [-0.2, -0.15) is 0 Å². The lowest BCUT2D eigenvalue weighted by atomic mass is 10.2. The maximum Gasteiger partial charge on any atom is 0.251 e. The fraction of sp³-hybridized carbons (Fsp3) is 0.267. The number of thioether (sulfide) groups is 1. The van der Waals surface area contributed by atoms with Gasteiger partial charge in [0.15, 0.2) is 0 Å². The lowest BCUT2D eigenvalue weighted by Gasteiger charge is -2.04. The zero-order chi connectivity index (χ0) is 13.7. The van der Waals surface area contributed by atoms with Crippen LogP contribution in [0.25, 0.3) is 0 Å². The summed E-state index contributed by atoms with van der Waals surface area (Å²) in [7, 11) is 0.